The van der Waals surface area contributed by atoms with E-state index in [4.69, 9.17) is 21.1 Å². The fraction of sp³-hybridized carbons (Fsp3) is 0.381. The predicted octanol–water partition coefficient (Wildman–Crippen LogP) is 2.04. The van der Waals surface area contributed by atoms with Crippen LogP contribution >= 0.6 is 11.6 Å². The van der Waals surface area contributed by atoms with E-state index in [0.29, 0.717) is 23.9 Å². The van der Waals surface area contributed by atoms with Crippen molar-refractivity contribution < 1.29 is 19.2 Å². The third-order valence-corrected chi connectivity index (χ3v) is 4.66. The smallest absolute Gasteiger partial charge is 0.275 e. The summed E-state index contributed by atoms with van der Waals surface area (Å²) in [4.78, 5) is 13.3. The van der Waals surface area contributed by atoms with Gasteiger partial charge in [-0.3, -0.25) is 4.79 Å². The molecule has 5 nitrogen and oxygen atoms in total. The van der Waals surface area contributed by atoms with Crippen LogP contribution in [0.2, 0.25) is 5.02 Å². The third-order valence-electron chi connectivity index (χ3n) is 4.42. The van der Waals surface area contributed by atoms with Gasteiger partial charge in [-0.1, -0.05) is 23.7 Å². The van der Waals surface area contributed by atoms with Crippen LogP contribution in [0.15, 0.2) is 36.4 Å². The van der Waals surface area contributed by atoms with Crippen LogP contribution in [0.4, 0.5) is 0 Å². The van der Waals surface area contributed by atoms with E-state index in [9.17, 15) is 4.79 Å². The molecule has 0 bridgehead atoms. The molecule has 2 rings (SSSR count). The minimum atomic E-state index is 0.0349. The second-order valence-corrected chi connectivity index (χ2v) is 7.11. The topological polar surface area (TPSA) is 52.0 Å². The lowest BCUT2D eigenvalue weighted by atomic mass is 10.1. The van der Waals surface area contributed by atoms with Crippen molar-refractivity contribution in [2.75, 3.05) is 34.4 Å². The highest BCUT2D eigenvalue weighted by Crippen LogP contribution is 2.29. The molecule has 1 atom stereocenters. The molecular formula is C21H28ClN2O3+. The van der Waals surface area contributed by atoms with Crippen LogP contribution in [0.1, 0.15) is 16.7 Å². The van der Waals surface area contributed by atoms with Crippen LogP contribution in [-0.4, -0.2) is 40.3 Å². The normalized spacial score (nSPS) is 11.7. The van der Waals surface area contributed by atoms with Gasteiger partial charge in [0, 0.05) is 17.1 Å². The number of carbonyl (C=O) groups is 1. The molecule has 2 aromatic carbocycles. The van der Waals surface area contributed by atoms with E-state index < -0.39 is 0 Å². The average molecular weight is 392 g/mol. The van der Waals surface area contributed by atoms with Crippen LogP contribution in [0.5, 0.6) is 11.5 Å². The Morgan fingerprint density at radius 2 is 1.85 bits per heavy atom. The van der Waals surface area contributed by atoms with Crippen LogP contribution in [-0.2, 0) is 17.8 Å². The molecule has 6 heteroatoms. The molecule has 0 aromatic heterocycles. The molecular weight excluding hydrogens is 364 g/mol. The van der Waals surface area contributed by atoms with Gasteiger partial charge in [0.05, 0.1) is 21.3 Å². The van der Waals surface area contributed by atoms with E-state index in [1.165, 1.54) is 0 Å². The molecule has 0 spiro atoms. The van der Waals surface area contributed by atoms with E-state index in [-0.39, 0.29) is 5.91 Å². The summed E-state index contributed by atoms with van der Waals surface area (Å²) in [6, 6.07) is 11.6. The maximum atomic E-state index is 12.2. The standard InChI is InChI=1S/C21H27ClN2O3/c1-15-10-19(26-3)20(27-4)12-17(15)13-24(2)14-21(25)23-9-8-16-6-5-7-18(22)11-16/h5-7,10-12H,8-9,13-14H2,1-4H3,(H,23,25)/p+1. The molecule has 1 unspecified atom stereocenters. The highest BCUT2D eigenvalue weighted by molar-refractivity contribution is 6.30. The number of carbonyl (C=O) groups excluding carboxylic acids is 1. The summed E-state index contributed by atoms with van der Waals surface area (Å²) in [5.41, 5.74) is 3.37. The highest BCUT2D eigenvalue weighted by Gasteiger charge is 2.14. The van der Waals surface area contributed by atoms with Gasteiger partial charge >= 0.3 is 0 Å². The molecule has 0 saturated carbocycles. The van der Waals surface area contributed by atoms with Gasteiger partial charge in [0.25, 0.3) is 5.91 Å². The van der Waals surface area contributed by atoms with Gasteiger partial charge < -0.3 is 19.7 Å². The van der Waals surface area contributed by atoms with Crippen molar-refractivity contribution in [3.05, 3.63) is 58.1 Å². The first kappa shape index (κ1) is 21.1. The summed E-state index contributed by atoms with van der Waals surface area (Å²) in [6.45, 7) is 3.77. The molecule has 0 aliphatic rings. The van der Waals surface area contributed by atoms with E-state index in [2.05, 4.69) is 5.32 Å². The minimum Gasteiger partial charge on any atom is -0.493 e. The van der Waals surface area contributed by atoms with Gasteiger partial charge in [0.2, 0.25) is 0 Å². The molecule has 146 valence electrons. The Hall–Kier alpha value is -2.24. The number of methoxy groups -OCH3 is 2. The lowest BCUT2D eigenvalue weighted by Crippen LogP contribution is -3.09. The molecule has 0 heterocycles. The van der Waals surface area contributed by atoms with Gasteiger partial charge in [-0.2, -0.15) is 0 Å². The first-order valence-electron chi connectivity index (χ1n) is 8.97. The van der Waals surface area contributed by atoms with Crippen molar-refractivity contribution in [1.29, 1.82) is 0 Å². The highest BCUT2D eigenvalue weighted by atomic mass is 35.5. The lowest BCUT2D eigenvalue weighted by Gasteiger charge is -2.17. The second kappa shape index (κ2) is 10.2. The summed E-state index contributed by atoms with van der Waals surface area (Å²) in [5, 5.41) is 3.69. The summed E-state index contributed by atoms with van der Waals surface area (Å²) < 4.78 is 10.7. The van der Waals surface area contributed by atoms with E-state index in [1.54, 1.807) is 14.2 Å². The Balaban J connectivity index is 1.84. The fourth-order valence-electron chi connectivity index (χ4n) is 2.98. The second-order valence-electron chi connectivity index (χ2n) is 6.67. The number of hydrogen-bond acceptors (Lipinski definition) is 3. The number of rotatable bonds is 9. The molecule has 0 radical (unpaired) electrons. The number of ether oxygens (including phenoxy) is 2. The monoisotopic (exact) mass is 391 g/mol. The van der Waals surface area contributed by atoms with Crippen LogP contribution < -0.4 is 19.7 Å². The number of hydrogen-bond donors (Lipinski definition) is 2. The van der Waals surface area contributed by atoms with Gasteiger partial charge in [-0.05, 0) is 48.7 Å². The molecule has 0 aliphatic heterocycles. The summed E-state index contributed by atoms with van der Waals surface area (Å²) >= 11 is 5.98. The molecule has 27 heavy (non-hydrogen) atoms. The van der Waals surface area contributed by atoms with E-state index in [1.807, 2.05) is 50.4 Å². The number of nitrogens with one attached hydrogen (secondary N) is 2. The summed E-state index contributed by atoms with van der Waals surface area (Å²) in [7, 11) is 5.26. The number of amides is 1. The Bertz CT molecular complexity index is 780. The van der Waals surface area contributed by atoms with Crippen LogP contribution in [0.3, 0.4) is 0 Å². The zero-order chi connectivity index (χ0) is 19.8. The Labute approximate surface area is 166 Å². The first-order chi connectivity index (χ1) is 12.9. The predicted molar refractivity (Wildman–Crippen MR) is 108 cm³/mol. The minimum absolute atomic E-state index is 0.0349. The molecule has 2 N–H and O–H groups in total. The van der Waals surface area contributed by atoms with Gasteiger partial charge in [0.15, 0.2) is 18.0 Å². The number of benzene rings is 2. The van der Waals surface area contributed by atoms with Gasteiger partial charge in [-0.15, -0.1) is 0 Å². The number of halogens is 1. The van der Waals surface area contributed by atoms with Crippen molar-refractivity contribution in [3.8, 4) is 11.5 Å². The van der Waals surface area contributed by atoms with Crippen molar-refractivity contribution in [2.45, 2.75) is 19.9 Å². The van der Waals surface area contributed by atoms with Crippen molar-refractivity contribution in [3.63, 3.8) is 0 Å². The number of aryl methyl sites for hydroxylation is 1. The van der Waals surface area contributed by atoms with Crippen LogP contribution in [0.25, 0.3) is 0 Å². The third kappa shape index (κ3) is 6.45. The molecule has 0 saturated heterocycles. The Kier molecular flexibility index (Phi) is 7.95. The van der Waals surface area contributed by atoms with Crippen molar-refractivity contribution >= 4 is 17.5 Å². The quantitative estimate of drug-likeness (QED) is 0.687. The van der Waals surface area contributed by atoms with E-state index in [0.717, 1.165) is 40.3 Å². The zero-order valence-electron chi connectivity index (χ0n) is 16.4. The SMILES string of the molecule is COc1cc(C)c(C[NH+](C)CC(=O)NCCc2cccc(Cl)c2)cc1OC. The fourth-order valence-corrected chi connectivity index (χ4v) is 3.19. The van der Waals surface area contributed by atoms with E-state index >= 15 is 0 Å². The summed E-state index contributed by atoms with van der Waals surface area (Å²) in [5.74, 6) is 1.46. The van der Waals surface area contributed by atoms with Crippen LogP contribution in [0, 0.1) is 6.92 Å². The van der Waals surface area contributed by atoms with Gasteiger partial charge in [0.1, 0.15) is 6.54 Å². The zero-order valence-corrected chi connectivity index (χ0v) is 17.2. The Morgan fingerprint density at radius 1 is 1.15 bits per heavy atom. The molecule has 1 amide bonds. The number of likely N-dealkylation sites (N-methyl/N-ethyl adjacent to an activating group) is 1. The largest absolute Gasteiger partial charge is 0.493 e. The van der Waals surface area contributed by atoms with Gasteiger partial charge in [-0.25, -0.2) is 0 Å². The molecule has 0 aliphatic carbocycles. The molecule has 0 fully saturated rings. The van der Waals surface area contributed by atoms with Crippen molar-refractivity contribution in [1.82, 2.24) is 5.32 Å². The summed E-state index contributed by atoms with van der Waals surface area (Å²) in [6.07, 6.45) is 0.764. The van der Waals surface area contributed by atoms with Crippen molar-refractivity contribution in [2.24, 2.45) is 0 Å². The maximum absolute atomic E-state index is 12.2. The lowest BCUT2D eigenvalue weighted by molar-refractivity contribution is -0.885. The molecule has 2 aromatic rings. The first-order valence-corrected chi connectivity index (χ1v) is 9.34. The number of quaternary nitrogens is 1. The average Bonchev–Trinajstić information content (AvgIpc) is 2.63. The maximum Gasteiger partial charge on any atom is 0.275 e. The Morgan fingerprint density at radius 3 is 2.52 bits per heavy atom.